The van der Waals surface area contributed by atoms with E-state index in [-0.39, 0.29) is 34.2 Å². The van der Waals surface area contributed by atoms with E-state index >= 15 is 0 Å². The summed E-state index contributed by atoms with van der Waals surface area (Å²) in [7, 11) is 1.83. The number of allylic oxidation sites excluding steroid dienone is 1. The van der Waals surface area contributed by atoms with Crippen molar-refractivity contribution in [3.63, 3.8) is 0 Å². The molecule has 1 aliphatic heterocycles. The lowest BCUT2D eigenvalue weighted by molar-refractivity contribution is -0.138. The van der Waals surface area contributed by atoms with Crippen LogP contribution in [0, 0.1) is 6.92 Å². The first-order valence-electron chi connectivity index (χ1n) is 10.1. The summed E-state index contributed by atoms with van der Waals surface area (Å²) in [6, 6.07) is 5.70. The van der Waals surface area contributed by atoms with E-state index in [1.165, 1.54) is 11.0 Å². The van der Waals surface area contributed by atoms with Gasteiger partial charge in [-0.1, -0.05) is 23.8 Å². The summed E-state index contributed by atoms with van der Waals surface area (Å²) in [4.78, 5) is 18.6. The molecule has 33 heavy (non-hydrogen) atoms. The maximum Gasteiger partial charge on any atom is 0.416 e. The molecule has 1 amide bonds. The molecule has 10 heteroatoms. The molecule has 169 valence electrons. The van der Waals surface area contributed by atoms with Crippen LogP contribution in [0.3, 0.4) is 0 Å². The van der Waals surface area contributed by atoms with Crippen LogP contribution < -0.4 is 4.90 Å². The smallest absolute Gasteiger partial charge is 0.320 e. The summed E-state index contributed by atoms with van der Waals surface area (Å²) in [6.07, 6.45) is -1.80. The lowest BCUT2D eigenvalue weighted by atomic mass is 9.61. The molecule has 0 unspecified atom stereocenters. The highest BCUT2D eigenvalue weighted by Crippen LogP contribution is 2.51. The van der Waals surface area contributed by atoms with Crippen LogP contribution in [-0.2, 0) is 25.2 Å². The molecule has 1 radical (unpaired) electrons. The van der Waals surface area contributed by atoms with Gasteiger partial charge < -0.3 is 4.57 Å². The number of hydrogen-bond donors (Lipinski definition) is 0. The van der Waals surface area contributed by atoms with Crippen molar-refractivity contribution in [2.75, 3.05) is 4.90 Å². The molecule has 0 saturated heterocycles. The Bertz CT molecular complexity index is 1320. The molecule has 2 aromatic heterocycles. The number of fused-ring (bicyclic) bond motifs is 1. The van der Waals surface area contributed by atoms with Crippen LogP contribution in [0.4, 0.5) is 19.0 Å². The number of pyridine rings is 1. The quantitative estimate of drug-likeness (QED) is 0.403. The van der Waals surface area contributed by atoms with Crippen LogP contribution in [-0.4, -0.2) is 25.7 Å². The highest BCUT2D eigenvalue weighted by atomic mass is 35.5. The number of alkyl halides is 3. The summed E-state index contributed by atoms with van der Waals surface area (Å²) in [5, 5.41) is 8.37. The number of hydrogen-bond acceptors (Lipinski definition) is 4. The number of benzene rings is 1. The van der Waals surface area contributed by atoms with E-state index in [9.17, 15) is 18.0 Å². The number of aryl methyl sites for hydroxylation is 1. The minimum atomic E-state index is -4.61. The molecule has 1 aromatic carbocycles. The molecular formula is C23H18ClF3N5O. The van der Waals surface area contributed by atoms with Gasteiger partial charge in [0, 0.05) is 12.6 Å². The van der Waals surface area contributed by atoms with E-state index in [0.717, 1.165) is 17.2 Å². The van der Waals surface area contributed by atoms with Crippen LogP contribution >= 0.6 is 11.6 Å². The number of rotatable bonds is 3. The van der Waals surface area contributed by atoms with Crippen molar-refractivity contribution in [3.05, 3.63) is 88.5 Å². The molecule has 2 aliphatic rings. The number of amides is 1. The largest absolute Gasteiger partial charge is 0.416 e. The zero-order chi connectivity index (χ0) is 23.7. The molecule has 0 spiro atoms. The average molecular weight is 473 g/mol. The van der Waals surface area contributed by atoms with Crippen molar-refractivity contribution in [3.8, 4) is 0 Å². The lowest BCUT2D eigenvalue weighted by Gasteiger charge is -2.43. The number of anilines is 1. The van der Waals surface area contributed by atoms with E-state index in [0.29, 0.717) is 18.7 Å². The van der Waals surface area contributed by atoms with Gasteiger partial charge in [0.25, 0.3) is 5.91 Å². The number of halogens is 4. The predicted octanol–water partition coefficient (Wildman–Crippen LogP) is 4.86. The van der Waals surface area contributed by atoms with Crippen molar-refractivity contribution in [2.24, 2.45) is 7.05 Å². The second-order valence-corrected chi connectivity index (χ2v) is 8.93. The summed E-state index contributed by atoms with van der Waals surface area (Å²) >= 11 is 6.34. The van der Waals surface area contributed by atoms with Gasteiger partial charge in [-0.25, -0.2) is 4.98 Å². The fraction of sp³-hybridized carbons (Fsp3) is 0.261. The SMILES string of the molecule is [CH2]c1cc2c(c(C(F)(F)F)c1)CN(c1cc(C3(c4nncn4C)CC(=C)C3)cc(Cl)n1)C2=O. The lowest BCUT2D eigenvalue weighted by Crippen LogP contribution is -2.40. The third-order valence-corrected chi connectivity index (χ3v) is 6.45. The Morgan fingerprint density at radius 3 is 2.52 bits per heavy atom. The van der Waals surface area contributed by atoms with Gasteiger partial charge in [-0.2, -0.15) is 13.2 Å². The number of aromatic nitrogens is 4. The second kappa shape index (κ2) is 7.15. The van der Waals surface area contributed by atoms with Crippen LogP contribution in [0.15, 0.2) is 42.7 Å². The van der Waals surface area contributed by atoms with Crippen LogP contribution in [0.25, 0.3) is 0 Å². The molecule has 0 N–H and O–H groups in total. The van der Waals surface area contributed by atoms with Crippen LogP contribution in [0.5, 0.6) is 0 Å². The molecule has 5 rings (SSSR count). The van der Waals surface area contributed by atoms with Crippen molar-refractivity contribution in [2.45, 2.75) is 31.0 Å². The molecule has 0 bridgehead atoms. The van der Waals surface area contributed by atoms with Gasteiger partial charge in [0.1, 0.15) is 23.1 Å². The standard InChI is InChI=1S/C23H18ClF3N5O/c1-12-4-15-16(17(5-12)23(25,26)27)10-32(20(15)33)19-7-14(6-18(24)29-19)22(8-13(2)9-22)21-30-28-11-31(21)3/h4-7,11H,1-2,8-10H2,3H3. The maximum absolute atomic E-state index is 13.6. The zero-order valence-electron chi connectivity index (χ0n) is 17.6. The fourth-order valence-electron chi connectivity index (χ4n) is 4.81. The van der Waals surface area contributed by atoms with Crippen LogP contribution in [0.2, 0.25) is 5.15 Å². The molecule has 1 saturated carbocycles. The minimum absolute atomic E-state index is 0.0295. The molecular weight excluding hydrogens is 455 g/mol. The van der Waals surface area contributed by atoms with Crippen molar-refractivity contribution in [1.82, 2.24) is 19.7 Å². The minimum Gasteiger partial charge on any atom is -0.320 e. The Morgan fingerprint density at radius 1 is 1.18 bits per heavy atom. The van der Waals surface area contributed by atoms with E-state index in [2.05, 4.69) is 28.7 Å². The van der Waals surface area contributed by atoms with E-state index in [4.69, 9.17) is 11.6 Å². The summed E-state index contributed by atoms with van der Waals surface area (Å²) < 4.78 is 42.7. The predicted molar refractivity (Wildman–Crippen MR) is 116 cm³/mol. The first-order chi connectivity index (χ1) is 15.5. The van der Waals surface area contributed by atoms with Gasteiger partial charge in [0.05, 0.1) is 17.5 Å². The van der Waals surface area contributed by atoms with Gasteiger partial charge in [-0.15, -0.1) is 10.2 Å². The number of carbonyl (C=O) groups excluding carboxylic acids is 1. The van der Waals surface area contributed by atoms with Crippen molar-refractivity contribution >= 4 is 23.3 Å². The monoisotopic (exact) mass is 472 g/mol. The average Bonchev–Trinajstić information content (AvgIpc) is 3.27. The van der Waals surface area contributed by atoms with Crippen molar-refractivity contribution < 1.29 is 18.0 Å². The zero-order valence-corrected chi connectivity index (χ0v) is 18.3. The highest BCUT2D eigenvalue weighted by Gasteiger charge is 2.47. The summed E-state index contributed by atoms with van der Waals surface area (Å²) in [6.45, 7) is 7.37. The van der Waals surface area contributed by atoms with E-state index in [1.54, 1.807) is 18.5 Å². The second-order valence-electron chi connectivity index (χ2n) is 8.55. The molecule has 1 aliphatic carbocycles. The van der Waals surface area contributed by atoms with E-state index in [1.807, 2.05) is 11.6 Å². The number of nitrogens with zero attached hydrogens (tertiary/aromatic N) is 5. The third-order valence-electron chi connectivity index (χ3n) is 6.26. The Kier molecular flexibility index (Phi) is 4.69. The first kappa shape index (κ1) is 21.6. The van der Waals surface area contributed by atoms with Crippen LogP contribution in [0.1, 0.15) is 51.3 Å². The Balaban J connectivity index is 1.60. The molecule has 3 aromatic rings. The van der Waals surface area contributed by atoms with Gasteiger partial charge in [-0.3, -0.25) is 9.69 Å². The number of carbonyl (C=O) groups is 1. The summed E-state index contributed by atoms with van der Waals surface area (Å²) in [5.41, 5.74) is 0.339. The normalized spacial score (nSPS) is 17.3. The van der Waals surface area contributed by atoms with Gasteiger partial charge >= 0.3 is 6.18 Å². The Hall–Kier alpha value is -3.20. The maximum atomic E-state index is 13.6. The van der Waals surface area contributed by atoms with Crippen molar-refractivity contribution in [1.29, 1.82) is 0 Å². The van der Waals surface area contributed by atoms with Gasteiger partial charge in [-0.05, 0) is 60.7 Å². The molecule has 1 fully saturated rings. The van der Waals surface area contributed by atoms with E-state index < -0.39 is 23.1 Å². The highest BCUT2D eigenvalue weighted by molar-refractivity contribution is 6.29. The van der Waals surface area contributed by atoms with Gasteiger partial charge in [0.2, 0.25) is 0 Å². The molecule has 3 heterocycles. The van der Waals surface area contributed by atoms with Gasteiger partial charge in [0.15, 0.2) is 0 Å². The third kappa shape index (κ3) is 3.33. The fourth-order valence-corrected chi connectivity index (χ4v) is 5.02. The molecule has 0 atom stereocenters. The Labute approximate surface area is 192 Å². The first-order valence-corrected chi connectivity index (χ1v) is 10.4. The Morgan fingerprint density at radius 2 is 1.91 bits per heavy atom. The molecule has 6 nitrogen and oxygen atoms in total. The summed E-state index contributed by atoms with van der Waals surface area (Å²) in [5.74, 6) is 0.309. The topological polar surface area (TPSA) is 63.9 Å².